The van der Waals surface area contributed by atoms with Crippen LogP contribution in [0, 0.1) is 0 Å². The number of rotatable bonds is 4. The molecule has 0 amide bonds. The third kappa shape index (κ3) is 3.74. The largest absolute Gasteiger partial charge is 0.287 e. The maximum atomic E-state index is 12.9. The van der Waals surface area contributed by atoms with E-state index in [0.29, 0.717) is 21.9 Å². The summed E-state index contributed by atoms with van der Waals surface area (Å²) >= 11 is 6.08. The third-order valence-corrected chi connectivity index (χ3v) is 3.58. The molecule has 3 rings (SSSR count). The summed E-state index contributed by atoms with van der Waals surface area (Å²) in [6.45, 7) is 0. The van der Waals surface area contributed by atoms with Gasteiger partial charge in [-0.2, -0.15) is 0 Å². The Labute approximate surface area is 140 Å². The lowest BCUT2D eigenvalue weighted by atomic mass is 10.0. The highest BCUT2D eigenvalue weighted by atomic mass is 35.5. The topological polar surface area (TPSA) is 29.4 Å². The van der Waals surface area contributed by atoms with Gasteiger partial charge in [0.2, 0.25) is 5.78 Å². The highest BCUT2D eigenvalue weighted by molar-refractivity contribution is 6.52. The van der Waals surface area contributed by atoms with Crippen LogP contribution < -0.4 is 0 Å². The first-order valence-corrected chi connectivity index (χ1v) is 7.61. The van der Waals surface area contributed by atoms with Crippen LogP contribution in [0.5, 0.6) is 0 Å². The van der Waals surface area contributed by atoms with Gasteiger partial charge in [0.05, 0.1) is 5.69 Å². The first-order chi connectivity index (χ1) is 11.2. The molecule has 3 aromatic carbocycles. The van der Waals surface area contributed by atoms with E-state index in [1.165, 1.54) is 0 Å². The fourth-order valence-electron chi connectivity index (χ4n) is 2.24. The summed E-state index contributed by atoms with van der Waals surface area (Å²) < 4.78 is 0. The Hall–Kier alpha value is -2.71. The molecular weight excluding hydrogens is 306 g/mol. The molecule has 23 heavy (non-hydrogen) atoms. The molecule has 0 aromatic heterocycles. The van der Waals surface area contributed by atoms with Crippen molar-refractivity contribution in [1.29, 1.82) is 0 Å². The molecule has 0 heterocycles. The van der Waals surface area contributed by atoms with Crippen LogP contribution in [0.1, 0.15) is 15.9 Å². The van der Waals surface area contributed by atoms with Gasteiger partial charge in [-0.3, -0.25) is 4.79 Å². The maximum absolute atomic E-state index is 12.9. The Morgan fingerprint density at radius 3 is 2.00 bits per heavy atom. The molecule has 3 aromatic rings. The van der Waals surface area contributed by atoms with Crippen molar-refractivity contribution in [3.63, 3.8) is 0 Å². The molecule has 2 nitrogen and oxygen atoms in total. The number of Topliss-reactive ketones (excluding diaryl/α,β-unsaturated/α-hetero) is 1. The van der Waals surface area contributed by atoms with E-state index in [2.05, 4.69) is 4.99 Å². The molecule has 0 unspecified atom stereocenters. The van der Waals surface area contributed by atoms with Gasteiger partial charge in [0.15, 0.2) is 0 Å². The molecule has 0 bridgehead atoms. The van der Waals surface area contributed by atoms with Crippen molar-refractivity contribution in [2.24, 2.45) is 4.99 Å². The second kappa shape index (κ2) is 7.03. The second-order valence-electron chi connectivity index (χ2n) is 5.00. The number of ketones is 1. The number of para-hydroxylation sites is 1. The first kappa shape index (κ1) is 15.2. The van der Waals surface area contributed by atoms with Crippen LogP contribution in [0.25, 0.3) is 0 Å². The van der Waals surface area contributed by atoms with Crippen molar-refractivity contribution in [1.82, 2.24) is 0 Å². The van der Waals surface area contributed by atoms with Gasteiger partial charge in [-0.1, -0.05) is 72.3 Å². The van der Waals surface area contributed by atoms with Gasteiger partial charge in [0.1, 0.15) is 5.71 Å². The van der Waals surface area contributed by atoms with E-state index in [-0.39, 0.29) is 5.78 Å². The standard InChI is InChI=1S/C20H14ClNO/c21-17-11-7-10-16(14-17)19(22-18-12-5-2-6-13-18)20(23)15-8-3-1-4-9-15/h1-14H. The highest BCUT2D eigenvalue weighted by Crippen LogP contribution is 2.18. The average Bonchev–Trinajstić information content (AvgIpc) is 2.61. The summed E-state index contributed by atoms with van der Waals surface area (Å²) in [5.74, 6) is -0.128. The molecule has 0 N–H and O–H groups in total. The lowest BCUT2D eigenvalue weighted by molar-refractivity contribution is 0.106. The van der Waals surface area contributed by atoms with Crippen LogP contribution >= 0.6 is 11.6 Å². The number of halogens is 1. The van der Waals surface area contributed by atoms with E-state index in [9.17, 15) is 4.79 Å². The Balaban J connectivity index is 2.11. The van der Waals surface area contributed by atoms with Gasteiger partial charge >= 0.3 is 0 Å². The number of hydrogen-bond donors (Lipinski definition) is 0. The molecule has 0 saturated heterocycles. The summed E-state index contributed by atoms with van der Waals surface area (Å²) in [6, 6.07) is 25.7. The van der Waals surface area contributed by atoms with Crippen molar-refractivity contribution in [2.75, 3.05) is 0 Å². The van der Waals surface area contributed by atoms with Crippen LogP contribution in [-0.4, -0.2) is 11.5 Å². The molecule has 0 radical (unpaired) electrons. The first-order valence-electron chi connectivity index (χ1n) is 7.23. The monoisotopic (exact) mass is 319 g/mol. The maximum Gasteiger partial charge on any atom is 0.211 e. The minimum absolute atomic E-state index is 0.128. The van der Waals surface area contributed by atoms with Crippen LogP contribution in [0.3, 0.4) is 0 Å². The minimum atomic E-state index is -0.128. The van der Waals surface area contributed by atoms with Crippen LogP contribution in [-0.2, 0) is 0 Å². The summed E-state index contributed by atoms with van der Waals surface area (Å²) in [5, 5.41) is 0.573. The normalized spacial score (nSPS) is 11.3. The Morgan fingerprint density at radius 2 is 1.35 bits per heavy atom. The number of hydrogen-bond acceptors (Lipinski definition) is 2. The third-order valence-electron chi connectivity index (χ3n) is 3.35. The molecule has 0 atom stereocenters. The fourth-order valence-corrected chi connectivity index (χ4v) is 2.43. The van der Waals surface area contributed by atoms with E-state index >= 15 is 0 Å². The summed E-state index contributed by atoms with van der Waals surface area (Å²) in [5.41, 5.74) is 2.41. The zero-order chi connectivity index (χ0) is 16.1. The van der Waals surface area contributed by atoms with Crippen molar-refractivity contribution in [2.45, 2.75) is 0 Å². The predicted octanol–water partition coefficient (Wildman–Crippen LogP) is 5.34. The van der Waals surface area contributed by atoms with E-state index in [4.69, 9.17) is 11.6 Å². The lowest BCUT2D eigenvalue weighted by Gasteiger charge is -2.07. The Bertz CT molecular complexity index is 842. The number of carbonyl (C=O) groups excluding carboxylic acids is 1. The van der Waals surface area contributed by atoms with E-state index in [0.717, 1.165) is 5.69 Å². The van der Waals surface area contributed by atoms with E-state index in [1.807, 2.05) is 60.7 Å². The van der Waals surface area contributed by atoms with Gasteiger partial charge in [-0.05, 0) is 24.3 Å². The summed E-state index contributed by atoms with van der Waals surface area (Å²) in [7, 11) is 0. The number of aliphatic imine (C=N–C) groups is 1. The van der Waals surface area contributed by atoms with Gasteiger partial charge < -0.3 is 0 Å². The molecular formula is C20H14ClNO. The van der Waals surface area contributed by atoms with Crippen LogP contribution in [0.15, 0.2) is 89.9 Å². The van der Waals surface area contributed by atoms with Crippen molar-refractivity contribution < 1.29 is 4.79 Å². The Morgan fingerprint density at radius 1 is 0.739 bits per heavy atom. The number of benzene rings is 3. The number of carbonyl (C=O) groups is 1. The molecule has 0 aliphatic heterocycles. The van der Waals surface area contributed by atoms with Crippen molar-refractivity contribution in [3.05, 3.63) is 101 Å². The molecule has 0 saturated carbocycles. The quantitative estimate of drug-likeness (QED) is 0.471. The molecule has 0 aliphatic rings. The van der Waals surface area contributed by atoms with Gasteiger partial charge in [0.25, 0.3) is 0 Å². The van der Waals surface area contributed by atoms with Gasteiger partial charge in [-0.25, -0.2) is 4.99 Å². The molecule has 3 heteroatoms. The Kier molecular flexibility index (Phi) is 4.65. The fraction of sp³-hybridized carbons (Fsp3) is 0. The smallest absolute Gasteiger partial charge is 0.211 e. The molecule has 0 fully saturated rings. The molecule has 0 spiro atoms. The zero-order valence-electron chi connectivity index (χ0n) is 12.3. The average molecular weight is 320 g/mol. The zero-order valence-corrected chi connectivity index (χ0v) is 13.1. The summed E-state index contributed by atoms with van der Waals surface area (Å²) in [4.78, 5) is 17.4. The van der Waals surface area contributed by atoms with Crippen molar-refractivity contribution in [3.8, 4) is 0 Å². The van der Waals surface area contributed by atoms with Crippen LogP contribution in [0.4, 0.5) is 5.69 Å². The minimum Gasteiger partial charge on any atom is -0.287 e. The van der Waals surface area contributed by atoms with Crippen LogP contribution in [0.2, 0.25) is 5.02 Å². The van der Waals surface area contributed by atoms with Gasteiger partial charge in [0, 0.05) is 16.1 Å². The number of nitrogens with zero attached hydrogens (tertiary/aromatic N) is 1. The summed E-state index contributed by atoms with van der Waals surface area (Å²) in [6.07, 6.45) is 0. The molecule has 0 aliphatic carbocycles. The highest BCUT2D eigenvalue weighted by Gasteiger charge is 2.16. The molecule has 112 valence electrons. The predicted molar refractivity (Wildman–Crippen MR) is 94.9 cm³/mol. The second-order valence-corrected chi connectivity index (χ2v) is 5.44. The van der Waals surface area contributed by atoms with E-state index in [1.54, 1.807) is 24.3 Å². The van der Waals surface area contributed by atoms with Crippen molar-refractivity contribution >= 4 is 28.8 Å². The SMILES string of the molecule is O=C(C(=Nc1ccccc1)c1cccc(Cl)c1)c1ccccc1. The van der Waals surface area contributed by atoms with E-state index < -0.39 is 0 Å². The van der Waals surface area contributed by atoms with Gasteiger partial charge in [-0.15, -0.1) is 0 Å². The lowest BCUT2D eigenvalue weighted by Crippen LogP contribution is -2.15.